The summed E-state index contributed by atoms with van der Waals surface area (Å²) in [6.45, 7) is 4.40. The average Bonchev–Trinajstić information content (AvgIpc) is 2.79. The zero-order chi connectivity index (χ0) is 12.3. The van der Waals surface area contributed by atoms with Gasteiger partial charge >= 0.3 is 0 Å². The zero-order valence-corrected chi connectivity index (χ0v) is 11.3. The number of thiazole rings is 1. The first-order valence-corrected chi connectivity index (χ1v) is 6.58. The maximum absolute atomic E-state index is 5.14. The van der Waals surface area contributed by atoms with E-state index in [1.807, 2.05) is 18.3 Å². The van der Waals surface area contributed by atoms with E-state index in [2.05, 4.69) is 31.0 Å². The molecule has 90 valence electrons. The lowest BCUT2D eigenvalue weighted by molar-refractivity contribution is 0.414. The molecule has 0 fully saturated rings. The van der Waals surface area contributed by atoms with Crippen molar-refractivity contribution in [2.45, 2.75) is 26.2 Å². The summed E-state index contributed by atoms with van der Waals surface area (Å²) in [7, 11) is 1.69. The summed E-state index contributed by atoms with van der Waals surface area (Å²) in [6, 6.07) is 8.17. The van der Waals surface area contributed by atoms with E-state index in [-0.39, 0.29) is 0 Å². The predicted molar refractivity (Wildman–Crippen MR) is 72.0 cm³/mol. The van der Waals surface area contributed by atoms with E-state index in [1.165, 1.54) is 15.4 Å². The van der Waals surface area contributed by atoms with Gasteiger partial charge in [-0.15, -0.1) is 11.3 Å². The summed E-state index contributed by atoms with van der Waals surface area (Å²) < 4.78 is 5.14. The molecule has 0 aliphatic heterocycles. The van der Waals surface area contributed by atoms with Crippen LogP contribution in [0.15, 0.2) is 30.5 Å². The van der Waals surface area contributed by atoms with Crippen LogP contribution in [0.4, 0.5) is 0 Å². The van der Waals surface area contributed by atoms with Crippen LogP contribution in [-0.2, 0) is 6.42 Å². The van der Waals surface area contributed by atoms with Crippen LogP contribution >= 0.6 is 11.3 Å². The third-order valence-electron chi connectivity index (χ3n) is 2.65. The van der Waals surface area contributed by atoms with Gasteiger partial charge in [0, 0.05) is 17.5 Å². The van der Waals surface area contributed by atoms with Gasteiger partial charge in [-0.1, -0.05) is 26.0 Å². The maximum atomic E-state index is 5.14. The van der Waals surface area contributed by atoms with E-state index >= 15 is 0 Å². The van der Waals surface area contributed by atoms with Gasteiger partial charge in [0.25, 0.3) is 0 Å². The molecule has 0 amide bonds. The molecule has 1 aromatic heterocycles. The largest absolute Gasteiger partial charge is 0.497 e. The first kappa shape index (κ1) is 12.1. The van der Waals surface area contributed by atoms with Crippen LogP contribution in [0, 0.1) is 0 Å². The molecule has 0 N–H and O–H groups in total. The highest BCUT2D eigenvalue weighted by Crippen LogP contribution is 2.24. The third-order valence-corrected chi connectivity index (χ3v) is 3.95. The van der Waals surface area contributed by atoms with Crippen LogP contribution in [-0.4, -0.2) is 12.1 Å². The van der Waals surface area contributed by atoms with Crippen molar-refractivity contribution in [1.82, 2.24) is 4.98 Å². The molecule has 0 saturated carbocycles. The smallest absolute Gasteiger partial charge is 0.118 e. The number of benzene rings is 1. The Labute approximate surface area is 106 Å². The van der Waals surface area contributed by atoms with Gasteiger partial charge in [-0.2, -0.15) is 0 Å². The Balaban J connectivity index is 2.08. The standard InChI is InChI=1S/C14H17NOS/c1-10(2)13-9-15-14(17-13)8-11-4-6-12(16-3)7-5-11/h4-7,9-10H,8H2,1-3H3. The summed E-state index contributed by atoms with van der Waals surface area (Å²) >= 11 is 1.80. The number of rotatable bonds is 4. The van der Waals surface area contributed by atoms with Crippen molar-refractivity contribution < 1.29 is 4.74 Å². The van der Waals surface area contributed by atoms with Crippen LogP contribution in [0.3, 0.4) is 0 Å². The van der Waals surface area contributed by atoms with Crippen LogP contribution in [0.1, 0.15) is 35.2 Å². The van der Waals surface area contributed by atoms with Crippen molar-refractivity contribution in [1.29, 1.82) is 0 Å². The van der Waals surface area contributed by atoms with E-state index in [4.69, 9.17) is 4.74 Å². The second-order valence-electron chi connectivity index (χ2n) is 4.34. The molecule has 0 aliphatic rings. The van der Waals surface area contributed by atoms with Crippen molar-refractivity contribution in [2.24, 2.45) is 0 Å². The minimum Gasteiger partial charge on any atom is -0.497 e. The Bertz CT molecular complexity index is 473. The van der Waals surface area contributed by atoms with Gasteiger partial charge in [-0.3, -0.25) is 0 Å². The lowest BCUT2D eigenvalue weighted by atomic mass is 10.1. The number of ether oxygens (including phenoxy) is 1. The van der Waals surface area contributed by atoms with Gasteiger partial charge in [-0.05, 0) is 23.6 Å². The van der Waals surface area contributed by atoms with Crippen molar-refractivity contribution in [2.75, 3.05) is 7.11 Å². The first-order valence-electron chi connectivity index (χ1n) is 5.76. The lowest BCUT2D eigenvalue weighted by Gasteiger charge is -2.01. The third kappa shape index (κ3) is 3.07. The highest BCUT2D eigenvalue weighted by Gasteiger charge is 2.06. The van der Waals surface area contributed by atoms with Gasteiger partial charge in [-0.25, -0.2) is 4.98 Å². The second kappa shape index (κ2) is 5.32. The monoisotopic (exact) mass is 247 g/mol. The van der Waals surface area contributed by atoms with E-state index in [0.717, 1.165) is 12.2 Å². The van der Waals surface area contributed by atoms with Gasteiger partial charge < -0.3 is 4.74 Å². The van der Waals surface area contributed by atoms with E-state index < -0.39 is 0 Å². The Morgan fingerprint density at radius 1 is 1.24 bits per heavy atom. The summed E-state index contributed by atoms with van der Waals surface area (Å²) in [5.41, 5.74) is 1.27. The molecule has 2 aromatic rings. The minimum absolute atomic E-state index is 0.567. The second-order valence-corrected chi connectivity index (χ2v) is 5.48. The number of nitrogens with zero attached hydrogens (tertiary/aromatic N) is 1. The average molecular weight is 247 g/mol. The SMILES string of the molecule is COc1ccc(Cc2ncc(C(C)C)s2)cc1. The molecule has 0 saturated heterocycles. The molecule has 3 heteroatoms. The normalized spacial score (nSPS) is 10.8. The molecule has 0 spiro atoms. The maximum Gasteiger partial charge on any atom is 0.118 e. The summed E-state index contributed by atoms with van der Waals surface area (Å²) in [4.78, 5) is 5.82. The molecule has 1 aromatic carbocycles. The Morgan fingerprint density at radius 3 is 2.47 bits per heavy atom. The van der Waals surface area contributed by atoms with Crippen molar-refractivity contribution in [3.8, 4) is 5.75 Å². The fourth-order valence-corrected chi connectivity index (χ4v) is 2.55. The number of hydrogen-bond donors (Lipinski definition) is 0. The predicted octanol–water partition coefficient (Wildman–Crippen LogP) is 3.87. The molecule has 0 unspecified atom stereocenters. The van der Waals surface area contributed by atoms with Crippen molar-refractivity contribution in [3.05, 3.63) is 45.9 Å². The molecule has 2 nitrogen and oxygen atoms in total. The van der Waals surface area contributed by atoms with E-state index in [9.17, 15) is 0 Å². The molecule has 2 rings (SSSR count). The molecule has 0 bridgehead atoms. The highest BCUT2D eigenvalue weighted by atomic mass is 32.1. The van der Waals surface area contributed by atoms with Crippen molar-refractivity contribution >= 4 is 11.3 Å². The lowest BCUT2D eigenvalue weighted by Crippen LogP contribution is -1.87. The Kier molecular flexibility index (Phi) is 3.79. The number of methoxy groups -OCH3 is 1. The molecular weight excluding hydrogens is 230 g/mol. The quantitative estimate of drug-likeness (QED) is 0.818. The fraction of sp³-hybridized carbons (Fsp3) is 0.357. The minimum atomic E-state index is 0.567. The Morgan fingerprint density at radius 2 is 1.94 bits per heavy atom. The van der Waals surface area contributed by atoms with Crippen molar-refractivity contribution in [3.63, 3.8) is 0 Å². The number of hydrogen-bond acceptors (Lipinski definition) is 3. The van der Waals surface area contributed by atoms with Crippen LogP contribution < -0.4 is 4.74 Å². The van der Waals surface area contributed by atoms with Crippen LogP contribution in [0.25, 0.3) is 0 Å². The highest BCUT2D eigenvalue weighted by molar-refractivity contribution is 7.11. The van der Waals surface area contributed by atoms with Gasteiger partial charge in [0.1, 0.15) is 5.75 Å². The number of aromatic nitrogens is 1. The molecule has 0 aliphatic carbocycles. The molecule has 0 atom stereocenters. The van der Waals surface area contributed by atoms with E-state index in [1.54, 1.807) is 18.4 Å². The Hall–Kier alpha value is -1.35. The topological polar surface area (TPSA) is 22.1 Å². The molecule has 17 heavy (non-hydrogen) atoms. The van der Waals surface area contributed by atoms with Gasteiger partial charge in [0.15, 0.2) is 0 Å². The van der Waals surface area contributed by atoms with Crippen LogP contribution in [0.2, 0.25) is 0 Å². The molecule has 0 radical (unpaired) electrons. The summed E-state index contributed by atoms with van der Waals surface area (Å²) in [5, 5.41) is 1.18. The van der Waals surface area contributed by atoms with Crippen LogP contribution in [0.5, 0.6) is 5.75 Å². The van der Waals surface area contributed by atoms with E-state index in [0.29, 0.717) is 5.92 Å². The fourth-order valence-electron chi connectivity index (χ4n) is 1.59. The molecular formula is C14H17NOS. The summed E-state index contributed by atoms with van der Waals surface area (Å²) in [6.07, 6.45) is 2.90. The first-order chi connectivity index (χ1) is 8.19. The van der Waals surface area contributed by atoms with Gasteiger partial charge in [0.05, 0.1) is 12.1 Å². The molecule has 1 heterocycles. The van der Waals surface area contributed by atoms with Gasteiger partial charge in [0.2, 0.25) is 0 Å². The zero-order valence-electron chi connectivity index (χ0n) is 10.4. The summed E-state index contributed by atoms with van der Waals surface area (Å²) in [5.74, 6) is 1.47.